The minimum absolute atomic E-state index is 0.0405. The van der Waals surface area contributed by atoms with Crippen LogP contribution in [0.4, 0.5) is 17.2 Å². The molecule has 1 saturated heterocycles. The van der Waals surface area contributed by atoms with Crippen LogP contribution in [0.25, 0.3) is 11.0 Å². The predicted octanol–water partition coefficient (Wildman–Crippen LogP) is 3.11. The molecule has 0 spiro atoms. The van der Waals surface area contributed by atoms with Gasteiger partial charge in [-0.1, -0.05) is 24.3 Å². The van der Waals surface area contributed by atoms with Gasteiger partial charge in [-0.25, -0.2) is 14.6 Å². The van der Waals surface area contributed by atoms with Crippen LogP contribution in [0, 0.1) is 6.92 Å². The summed E-state index contributed by atoms with van der Waals surface area (Å²) in [5, 5.41) is 8.20. The fraction of sp³-hybridized carbons (Fsp3) is 0.280. The molecule has 0 saturated carbocycles. The normalized spacial score (nSPS) is 13.8. The number of rotatable bonds is 6. The zero-order valence-electron chi connectivity index (χ0n) is 19.3. The van der Waals surface area contributed by atoms with Gasteiger partial charge in [0.25, 0.3) is 0 Å². The number of fused-ring (bicyclic) bond motifs is 1. The van der Waals surface area contributed by atoms with Gasteiger partial charge in [0, 0.05) is 31.9 Å². The lowest BCUT2D eigenvalue weighted by molar-refractivity contribution is -0.116. The van der Waals surface area contributed by atoms with Crippen LogP contribution in [-0.2, 0) is 11.3 Å². The summed E-state index contributed by atoms with van der Waals surface area (Å²) in [6.07, 6.45) is 3.29. The maximum atomic E-state index is 12.8. The predicted molar refractivity (Wildman–Crippen MR) is 133 cm³/mol. The van der Waals surface area contributed by atoms with Gasteiger partial charge in [-0.15, -0.1) is 0 Å². The molecule has 4 aromatic rings. The molecule has 174 valence electrons. The first-order valence-corrected chi connectivity index (χ1v) is 11.3. The van der Waals surface area contributed by atoms with Crippen molar-refractivity contribution in [1.82, 2.24) is 19.7 Å². The lowest BCUT2D eigenvalue weighted by Crippen LogP contribution is -2.46. The van der Waals surface area contributed by atoms with E-state index >= 15 is 0 Å². The van der Waals surface area contributed by atoms with E-state index < -0.39 is 0 Å². The van der Waals surface area contributed by atoms with E-state index in [1.807, 2.05) is 31.2 Å². The summed E-state index contributed by atoms with van der Waals surface area (Å²) in [5.41, 5.74) is 3.54. The van der Waals surface area contributed by atoms with Crippen LogP contribution in [0.15, 0.2) is 61.1 Å². The second kappa shape index (κ2) is 9.38. The molecule has 3 heterocycles. The molecule has 0 aliphatic carbocycles. The molecule has 1 aliphatic rings. The van der Waals surface area contributed by atoms with Crippen molar-refractivity contribution in [3.05, 3.63) is 66.6 Å². The largest absolute Gasteiger partial charge is 0.495 e. The first-order valence-electron chi connectivity index (χ1n) is 11.3. The smallest absolute Gasteiger partial charge is 0.246 e. The monoisotopic (exact) mass is 457 g/mol. The molecule has 34 heavy (non-hydrogen) atoms. The van der Waals surface area contributed by atoms with Gasteiger partial charge in [0.2, 0.25) is 5.91 Å². The van der Waals surface area contributed by atoms with Crippen molar-refractivity contribution in [3.63, 3.8) is 0 Å². The summed E-state index contributed by atoms with van der Waals surface area (Å²) in [4.78, 5) is 26.4. The number of aromatic nitrogens is 4. The van der Waals surface area contributed by atoms with E-state index in [2.05, 4.69) is 54.4 Å². The molecular weight excluding hydrogens is 430 g/mol. The number of anilines is 3. The molecular formula is C25H27N7O2. The number of para-hydroxylation sites is 1. The van der Waals surface area contributed by atoms with Gasteiger partial charge in [-0.05, 0) is 36.8 Å². The Morgan fingerprint density at radius 1 is 1.03 bits per heavy atom. The van der Waals surface area contributed by atoms with Crippen molar-refractivity contribution in [2.45, 2.75) is 13.5 Å². The van der Waals surface area contributed by atoms with E-state index in [1.54, 1.807) is 24.3 Å². The fourth-order valence-electron chi connectivity index (χ4n) is 4.31. The first-order chi connectivity index (χ1) is 16.6. The van der Waals surface area contributed by atoms with Gasteiger partial charge >= 0.3 is 0 Å². The van der Waals surface area contributed by atoms with Crippen molar-refractivity contribution in [1.29, 1.82) is 0 Å². The number of carbonyl (C=O) groups excluding carboxylic acids is 1. The number of carbonyl (C=O) groups is 1. The topological polar surface area (TPSA) is 88.4 Å². The summed E-state index contributed by atoms with van der Waals surface area (Å²) in [5.74, 6) is 1.26. The highest BCUT2D eigenvalue weighted by Gasteiger charge is 2.22. The van der Waals surface area contributed by atoms with Gasteiger partial charge in [0.05, 0.1) is 24.4 Å². The number of benzene rings is 2. The van der Waals surface area contributed by atoms with Gasteiger partial charge < -0.3 is 19.9 Å². The SMILES string of the molecule is COc1ccc(C)cc1NC(=O)Cn1ncc2c(N3CCN(c4ccccc4)CC3)ncnc21. The van der Waals surface area contributed by atoms with E-state index in [0.29, 0.717) is 17.1 Å². The summed E-state index contributed by atoms with van der Waals surface area (Å²) in [6.45, 7) is 5.52. The van der Waals surface area contributed by atoms with Crippen LogP contribution < -0.4 is 19.9 Å². The highest BCUT2D eigenvalue weighted by atomic mass is 16.5. The van der Waals surface area contributed by atoms with Gasteiger partial charge in [0.15, 0.2) is 5.65 Å². The Kier molecular flexibility index (Phi) is 5.99. The third-order valence-electron chi connectivity index (χ3n) is 6.04. The highest BCUT2D eigenvalue weighted by molar-refractivity contribution is 5.94. The lowest BCUT2D eigenvalue weighted by Gasteiger charge is -2.36. The summed E-state index contributed by atoms with van der Waals surface area (Å²) < 4.78 is 6.97. The van der Waals surface area contributed by atoms with E-state index in [4.69, 9.17) is 4.74 Å². The molecule has 2 aromatic carbocycles. The third kappa shape index (κ3) is 4.36. The molecule has 1 fully saturated rings. The van der Waals surface area contributed by atoms with E-state index in [9.17, 15) is 4.79 Å². The number of hydrogen-bond donors (Lipinski definition) is 1. The van der Waals surface area contributed by atoms with E-state index in [1.165, 1.54) is 5.69 Å². The Labute approximate surface area is 198 Å². The number of nitrogens with zero attached hydrogens (tertiary/aromatic N) is 6. The Hall–Kier alpha value is -4.14. The molecule has 9 heteroatoms. The van der Waals surface area contributed by atoms with Crippen LogP contribution >= 0.6 is 0 Å². The molecule has 2 aromatic heterocycles. The Balaban J connectivity index is 1.30. The standard InChI is InChI=1S/C25H27N7O2/c1-18-8-9-22(34-2)21(14-18)29-23(33)16-32-25-20(15-28-32)24(26-17-27-25)31-12-10-30(11-13-31)19-6-4-3-5-7-19/h3-9,14-15,17H,10-13,16H2,1-2H3,(H,29,33). The number of methoxy groups -OCH3 is 1. The molecule has 9 nitrogen and oxygen atoms in total. The van der Waals surface area contributed by atoms with Crippen molar-refractivity contribution in [2.75, 3.05) is 48.4 Å². The van der Waals surface area contributed by atoms with Crippen LogP contribution in [0.3, 0.4) is 0 Å². The number of amides is 1. The number of hydrogen-bond acceptors (Lipinski definition) is 7. The van der Waals surface area contributed by atoms with Crippen molar-refractivity contribution in [3.8, 4) is 5.75 Å². The zero-order chi connectivity index (χ0) is 23.5. The maximum absolute atomic E-state index is 12.8. The quantitative estimate of drug-likeness (QED) is 0.476. The average molecular weight is 458 g/mol. The number of piperazine rings is 1. The second-order valence-electron chi connectivity index (χ2n) is 8.30. The van der Waals surface area contributed by atoms with Crippen LogP contribution in [0.1, 0.15) is 5.56 Å². The maximum Gasteiger partial charge on any atom is 0.246 e. The minimum Gasteiger partial charge on any atom is -0.495 e. The van der Waals surface area contributed by atoms with Crippen LogP contribution in [-0.4, -0.2) is 58.9 Å². The lowest BCUT2D eigenvalue weighted by atomic mass is 10.2. The Morgan fingerprint density at radius 2 is 1.79 bits per heavy atom. The molecule has 5 rings (SSSR count). The van der Waals surface area contributed by atoms with Gasteiger partial charge in [0.1, 0.15) is 24.4 Å². The highest BCUT2D eigenvalue weighted by Crippen LogP contribution is 2.27. The number of aryl methyl sites for hydroxylation is 1. The second-order valence-corrected chi connectivity index (χ2v) is 8.30. The molecule has 1 N–H and O–H groups in total. The third-order valence-corrected chi connectivity index (χ3v) is 6.04. The molecule has 0 bridgehead atoms. The molecule has 1 aliphatic heterocycles. The molecule has 1 amide bonds. The first kappa shape index (κ1) is 21.7. The zero-order valence-corrected chi connectivity index (χ0v) is 19.3. The molecule has 0 unspecified atom stereocenters. The minimum atomic E-state index is -0.203. The number of ether oxygens (including phenoxy) is 1. The van der Waals surface area contributed by atoms with Crippen LogP contribution in [0.2, 0.25) is 0 Å². The Morgan fingerprint density at radius 3 is 2.56 bits per heavy atom. The average Bonchev–Trinajstić information content (AvgIpc) is 3.27. The van der Waals surface area contributed by atoms with Gasteiger partial charge in [-0.3, -0.25) is 4.79 Å². The molecule has 0 radical (unpaired) electrons. The van der Waals surface area contributed by atoms with Crippen molar-refractivity contribution in [2.24, 2.45) is 0 Å². The fourth-order valence-corrected chi connectivity index (χ4v) is 4.31. The van der Waals surface area contributed by atoms with Gasteiger partial charge in [-0.2, -0.15) is 5.10 Å². The van der Waals surface area contributed by atoms with Crippen molar-refractivity contribution >= 4 is 34.1 Å². The summed E-state index contributed by atoms with van der Waals surface area (Å²) >= 11 is 0. The summed E-state index contributed by atoms with van der Waals surface area (Å²) in [6, 6.07) is 16.1. The summed E-state index contributed by atoms with van der Waals surface area (Å²) in [7, 11) is 1.58. The Bertz CT molecular complexity index is 1300. The van der Waals surface area contributed by atoms with Crippen LogP contribution in [0.5, 0.6) is 5.75 Å². The van der Waals surface area contributed by atoms with Crippen molar-refractivity contribution < 1.29 is 9.53 Å². The number of nitrogens with one attached hydrogen (secondary N) is 1. The van der Waals surface area contributed by atoms with E-state index in [0.717, 1.165) is 42.9 Å². The van der Waals surface area contributed by atoms with E-state index in [-0.39, 0.29) is 12.5 Å². The molecule has 0 atom stereocenters.